The zero-order chi connectivity index (χ0) is 21.5. The number of para-hydroxylation sites is 1. The van der Waals surface area contributed by atoms with Gasteiger partial charge < -0.3 is 0 Å². The second-order valence-corrected chi connectivity index (χ2v) is 7.66. The van der Waals surface area contributed by atoms with Crippen LogP contribution in [-0.2, 0) is 19.4 Å². The number of aryl methyl sites for hydroxylation is 2. The summed E-state index contributed by atoms with van der Waals surface area (Å²) in [5.41, 5.74) is 4.05. The van der Waals surface area contributed by atoms with Crippen molar-refractivity contribution in [1.29, 1.82) is 0 Å². The second kappa shape index (κ2) is 10.1. The summed E-state index contributed by atoms with van der Waals surface area (Å²) >= 11 is 0. The highest BCUT2D eigenvalue weighted by Crippen LogP contribution is 2.26. The lowest BCUT2D eigenvalue weighted by molar-refractivity contribution is 0.611. The lowest BCUT2D eigenvalue weighted by Crippen LogP contribution is -2.08. The largest absolute Gasteiger partial charge is 0.264 e. The fraction of sp³-hybridized carbons (Fsp3) is 0.391. The van der Waals surface area contributed by atoms with Crippen molar-refractivity contribution < 1.29 is 0 Å². The molecule has 0 aliphatic rings. The van der Waals surface area contributed by atoms with Crippen molar-refractivity contribution in [2.24, 2.45) is 0 Å². The van der Waals surface area contributed by atoms with Gasteiger partial charge >= 0.3 is 0 Å². The van der Waals surface area contributed by atoms with E-state index in [9.17, 15) is 0 Å². The summed E-state index contributed by atoms with van der Waals surface area (Å²) < 4.78 is 3.72. The van der Waals surface area contributed by atoms with Crippen LogP contribution in [0.5, 0.6) is 0 Å². The Hall–Kier alpha value is -3.42. The van der Waals surface area contributed by atoms with Crippen LogP contribution in [0, 0.1) is 0 Å². The predicted octanol–water partition coefficient (Wildman–Crippen LogP) is 4.05. The third kappa shape index (κ3) is 5.02. The average molecular weight is 417 g/mol. The topological polar surface area (TPSA) is 87.2 Å². The molecule has 0 fully saturated rings. The van der Waals surface area contributed by atoms with E-state index in [-0.39, 0.29) is 0 Å². The molecular formula is C23H28N8. The number of pyridine rings is 1. The number of hydrogen-bond acceptors (Lipinski definition) is 6. The predicted molar refractivity (Wildman–Crippen MR) is 119 cm³/mol. The Morgan fingerprint density at radius 2 is 1.81 bits per heavy atom. The molecule has 0 radical (unpaired) electrons. The van der Waals surface area contributed by atoms with Gasteiger partial charge in [0.2, 0.25) is 0 Å². The smallest absolute Gasteiger partial charge is 0.150 e. The van der Waals surface area contributed by atoms with E-state index in [4.69, 9.17) is 10.1 Å². The molecule has 4 aromatic rings. The Morgan fingerprint density at radius 1 is 0.968 bits per heavy atom. The quantitative estimate of drug-likeness (QED) is 0.388. The molecule has 0 amide bonds. The number of rotatable bonds is 10. The van der Waals surface area contributed by atoms with E-state index in [0.717, 1.165) is 72.6 Å². The monoisotopic (exact) mass is 416 g/mol. The van der Waals surface area contributed by atoms with Crippen molar-refractivity contribution in [3.8, 4) is 16.8 Å². The van der Waals surface area contributed by atoms with Gasteiger partial charge in [-0.2, -0.15) is 9.78 Å². The maximum Gasteiger partial charge on any atom is 0.150 e. The Balaban J connectivity index is 1.62. The van der Waals surface area contributed by atoms with Gasteiger partial charge in [0.25, 0.3) is 0 Å². The number of aromatic nitrogens is 8. The molecule has 160 valence electrons. The molecule has 3 heterocycles. The van der Waals surface area contributed by atoms with Crippen LogP contribution in [0.2, 0.25) is 0 Å². The molecule has 8 heteroatoms. The van der Waals surface area contributed by atoms with Crippen LogP contribution in [-0.4, -0.2) is 40.0 Å². The van der Waals surface area contributed by atoms with Gasteiger partial charge in [0, 0.05) is 36.4 Å². The number of unbranched alkanes of at least 4 members (excludes halogenated alkanes) is 2. The summed E-state index contributed by atoms with van der Waals surface area (Å²) in [5, 5.41) is 16.4. The van der Waals surface area contributed by atoms with Gasteiger partial charge in [-0.25, -0.2) is 9.67 Å². The molecule has 1 aromatic carbocycles. The first-order valence-electron chi connectivity index (χ1n) is 11.0. The van der Waals surface area contributed by atoms with Crippen molar-refractivity contribution in [3.63, 3.8) is 0 Å². The van der Waals surface area contributed by atoms with Crippen LogP contribution in [0.15, 0.2) is 49.1 Å². The lowest BCUT2D eigenvalue weighted by atomic mass is 10.0. The highest BCUT2D eigenvalue weighted by atomic mass is 15.5. The van der Waals surface area contributed by atoms with Crippen LogP contribution in [0.4, 0.5) is 0 Å². The van der Waals surface area contributed by atoms with Crippen molar-refractivity contribution >= 4 is 0 Å². The molecule has 3 aromatic heterocycles. The minimum atomic E-state index is 0.659. The summed E-state index contributed by atoms with van der Waals surface area (Å²) in [6.07, 6.45) is 11.8. The molecule has 0 N–H and O–H groups in total. The first-order chi connectivity index (χ1) is 15.3. The third-order valence-electron chi connectivity index (χ3n) is 5.24. The van der Waals surface area contributed by atoms with Crippen LogP contribution < -0.4 is 0 Å². The Kier molecular flexibility index (Phi) is 6.76. The number of hydrogen-bond donors (Lipinski definition) is 0. The number of tetrazole rings is 1. The lowest BCUT2D eigenvalue weighted by Gasteiger charge is -2.10. The van der Waals surface area contributed by atoms with Gasteiger partial charge in [-0.1, -0.05) is 44.9 Å². The minimum Gasteiger partial charge on any atom is -0.264 e. The maximum atomic E-state index is 4.82. The minimum absolute atomic E-state index is 0.659. The molecule has 0 aliphatic carbocycles. The van der Waals surface area contributed by atoms with E-state index in [1.54, 1.807) is 11.0 Å². The first kappa shape index (κ1) is 20.8. The zero-order valence-corrected chi connectivity index (χ0v) is 18.1. The van der Waals surface area contributed by atoms with Crippen LogP contribution in [0.1, 0.15) is 56.7 Å². The van der Waals surface area contributed by atoms with E-state index >= 15 is 0 Å². The zero-order valence-electron chi connectivity index (χ0n) is 18.1. The van der Waals surface area contributed by atoms with Crippen molar-refractivity contribution in [2.75, 3.05) is 0 Å². The van der Waals surface area contributed by atoms with Gasteiger partial charge in [-0.15, -0.1) is 5.10 Å². The van der Waals surface area contributed by atoms with Gasteiger partial charge in [-0.3, -0.25) is 4.98 Å². The van der Waals surface area contributed by atoms with Crippen molar-refractivity contribution in [2.45, 2.75) is 58.9 Å². The van der Waals surface area contributed by atoms with Crippen LogP contribution in [0.3, 0.4) is 0 Å². The van der Waals surface area contributed by atoms with Gasteiger partial charge in [0.1, 0.15) is 12.2 Å². The molecule has 31 heavy (non-hydrogen) atoms. The summed E-state index contributed by atoms with van der Waals surface area (Å²) in [6.45, 7) is 5.06. The van der Waals surface area contributed by atoms with E-state index in [1.807, 2.05) is 30.6 Å². The maximum absolute atomic E-state index is 4.82. The fourth-order valence-corrected chi connectivity index (χ4v) is 3.60. The van der Waals surface area contributed by atoms with Crippen molar-refractivity contribution in [3.05, 3.63) is 66.3 Å². The average Bonchev–Trinajstić information content (AvgIpc) is 3.47. The molecule has 0 atom stereocenters. The summed E-state index contributed by atoms with van der Waals surface area (Å²) in [4.78, 5) is 9.32. The first-order valence-corrected chi connectivity index (χ1v) is 11.0. The van der Waals surface area contributed by atoms with E-state index < -0.39 is 0 Å². The molecule has 0 aliphatic heterocycles. The Labute approximate surface area is 182 Å². The summed E-state index contributed by atoms with van der Waals surface area (Å²) in [5.74, 6) is 2.01. The molecule has 0 bridgehead atoms. The van der Waals surface area contributed by atoms with Gasteiger partial charge in [-0.05, 0) is 41.0 Å². The highest BCUT2D eigenvalue weighted by molar-refractivity contribution is 5.72. The van der Waals surface area contributed by atoms with Crippen LogP contribution >= 0.6 is 0 Å². The van der Waals surface area contributed by atoms with Gasteiger partial charge in [0.05, 0.1) is 12.2 Å². The molecule has 0 spiro atoms. The van der Waals surface area contributed by atoms with E-state index in [0.29, 0.717) is 6.54 Å². The van der Waals surface area contributed by atoms with E-state index in [1.165, 1.54) is 0 Å². The molecule has 0 saturated carbocycles. The molecule has 4 rings (SSSR count). The fourth-order valence-electron chi connectivity index (χ4n) is 3.60. The molecule has 0 unspecified atom stereocenters. The van der Waals surface area contributed by atoms with Crippen molar-refractivity contribution in [1.82, 2.24) is 40.0 Å². The Bertz CT molecular complexity index is 1100. The normalized spacial score (nSPS) is 11.2. The van der Waals surface area contributed by atoms with E-state index in [2.05, 4.69) is 51.2 Å². The SMILES string of the molecule is CCCCc1nc(CCCC)n(Cc2cncc(-c3ccccc3-n3cnnn3)c2)n1. The third-order valence-corrected chi connectivity index (χ3v) is 5.24. The highest BCUT2D eigenvalue weighted by Gasteiger charge is 2.12. The molecule has 8 nitrogen and oxygen atoms in total. The number of benzene rings is 1. The number of nitrogens with zero attached hydrogens (tertiary/aromatic N) is 8. The van der Waals surface area contributed by atoms with Gasteiger partial charge in [0.15, 0.2) is 5.82 Å². The molecular weight excluding hydrogens is 388 g/mol. The Morgan fingerprint density at radius 3 is 2.61 bits per heavy atom. The standard InChI is InChI=1S/C23H28N8/c1-3-5-11-22-26-23(12-6-4-2)30(27-22)16-18-13-19(15-24-14-18)20-9-7-8-10-21(20)31-17-25-28-29-31/h7-10,13-15,17H,3-6,11-12,16H2,1-2H3. The van der Waals surface area contributed by atoms with Crippen LogP contribution in [0.25, 0.3) is 16.8 Å². The summed E-state index contributed by atoms with van der Waals surface area (Å²) in [7, 11) is 0. The second-order valence-electron chi connectivity index (χ2n) is 7.66. The summed E-state index contributed by atoms with van der Waals surface area (Å²) in [6, 6.07) is 10.2. The molecule has 0 saturated heterocycles.